The lowest BCUT2D eigenvalue weighted by atomic mass is 9.97. The fourth-order valence-corrected chi connectivity index (χ4v) is 1.76. The van der Waals surface area contributed by atoms with E-state index in [0.717, 1.165) is 0 Å². The van der Waals surface area contributed by atoms with Crippen molar-refractivity contribution in [3.05, 3.63) is 0 Å². The average Bonchev–Trinajstić information content (AvgIpc) is 2.22. The smallest absolute Gasteiger partial charge is 0.0227 e. The molecule has 0 aromatic carbocycles. The van der Waals surface area contributed by atoms with Crippen molar-refractivity contribution < 1.29 is 0 Å². The number of piperidine rings is 1. The number of rotatable bonds is 1. The van der Waals surface area contributed by atoms with Gasteiger partial charge in [0.2, 0.25) is 0 Å². The Hall–Kier alpha value is -0.480. The molecule has 0 bridgehead atoms. The molecule has 0 unspecified atom stereocenters. The second-order valence-corrected chi connectivity index (χ2v) is 3.80. The molecule has 82 valence electrons. The van der Waals surface area contributed by atoms with Crippen molar-refractivity contribution in [1.29, 1.82) is 0 Å². The van der Waals surface area contributed by atoms with Gasteiger partial charge in [-0.25, -0.2) is 0 Å². The van der Waals surface area contributed by atoms with E-state index in [1.807, 2.05) is 20.8 Å². The van der Waals surface area contributed by atoms with E-state index in [2.05, 4.69) is 30.6 Å². The minimum atomic E-state index is 0.671. The van der Waals surface area contributed by atoms with E-state index in [-0.39, 0.29) is 0 Å². The van der Waals surface area contributed by atoms with Crippen molar-refractivity contribution in [2.75, 3.05) is 13.1 Å². The van der Waals surface area contributed by atoms with E-state index in [1.54, 1.807) is 0 Å². The Kier molecular flexibility index (Phi) is 7.61. The summed E-state index contributed by atoms with van der Waals surface area (Å²) in [4.78, 5) is 2.54. The maximum atomic E-state index is 3.27. The molecule has 0 spiro atoms. The molecular weight excluding hydrogens is 170 g/mol. The van der Waals surface area contributed by atoms with Crippen LogP contribution in [0.2, 0.25) is 0 Å². The highest BCUT2D eigenvalue weighted by Gasteiger charge is 2.18. The molecule has 0 aromatic rings. The van der Waals surface area contributed by atoms with E-state index >= 15 is 0 Å². The van der Waals surface area contributed by atoms with Gasteiger partial charge in [-0.1, -0.05) is 13.8 Å². The van der Waals surface area contributed by atoms with Gasteiger partial charge < -0.3 is 4.90 Å². The number of nitrogens with zero attached hydrogens (tertiary/aromatic N) is 1. The third kappa shape index (κ3) is 4.67. The van der Waals surface area contributed by atoms with Crippen molar-refractivity contribution in [3.63, 3.8) is 0 Å². The molecule has 0 aromatic heterocycles. The van der Waals surface area contributed by atoms with Crippen molar-refractivity contribution in [3.8, 4) is 11.8 Å². The van der Waals surface area contributed by atoms with Gasteiger partial charge in [0.05, 0.1) is 0 Å². The highest BCUT2D eigenvalue weighted by molar-refractivity contribution is 5.02. The van der Waals surface area contributed by atoms with Gasteiger partial charge in [-0.2, -0.15) is 0 Å². The van der Waals surface area contributed by atoms with Crippen LogP contribution in [0.4, 0.5) is 0 Å². The maximum Gasteiger partial charge on any atom is 0.0227 e. The first-order valence-electron chi connectivity index (χ1n) is 5.90. The molecule has 0 aliphatic carbocycles. The Balaban J connectivity index is 0.000000791. The number of hydrogen-bond donors (Lipinski definition) is 0. The molecule has 1 heteroatoms. The standard InChI is InChI=1S/C11H19N.C2H6/c1-4-5-11-6-8-12(9-7-11)10(2)3;1-2/h10-11H,6-9H2,1-3H3;1-2H3. The normalized spacial score (nSPS) is 18.1. The molecule has 1 fully saturated rings. The van der Waals surface area contributed by atoms with Gasteiger partial charge >= 0.3 is 0 Å². The van der Waals surface area contributed by atoms with Crippen LogP contribution < -0.4 is 0 Å². The topological polar surface area (TPSA) is 3.24 Å². The van der Waals surface area contributed by atoms with Crippen molar-refractivity contribution in [1.82, 2.24) is 4.90 Å². The Labute approximate surface area is 89.9 Å². The molecule has 0 saturated carbocycles. The van der Waals surface area contributed by atoms with Crippen LogP contribution in [0, 0.1) is 17.8 Å². The highest BCUT2D eigenvalue weighted by atomic mass is 15.1. The minimum absolute atomic E-state index is 0.671. The highest BCUT2D eigenvalue weighted by Crippen LogP contribution is 2.17. The monoisotopic (exact) mass is 195 g/mol. The fourth-order valence-electron chi connectivity index (χ4n) is 1.76. The van der Waals surface area contributed by atoms with E-state index in [4.69, 9.17) is 0 Å². The van der Waals surface area contributed by atoms with Crippen LogP contribution in [0.25, 0.3) is 0 Å². The molecule has 0 N–H and O–H groups in total. The Morgan fingerprint density at radius 3 is 2.00 bits per heavy atom. The Bertz CT molecular complexity index is 177. The van der Waals surface area contributed by atoms with Gasteiger partial charge in [0, 0.05) is 12.0 Å². The van der Waals surface area contributed by atoms with Crippen molar-refractivity contribution in [2.45, 2.75) is 53.5 Å². The molecule has 0 amide bonds. The summed E-state index contributed by atoms with van der Waals surface area (Å²) in [5.41, 5.74) is 0. The van der Waals surface area contributed by atoms with Gasteiger partial charge in [0.15, 0.2) is 0 Å². The minimum Gasteiger partial charge on any atom is -0.301 e. The average molecular weight is 195 g/mol. The molecule has 14 heavy (non-hydrogen) atoms. The van der Waals surface area contributed by atoms with Crippen LogP contribution >= 0.6 is 0 Å². The largest absolute Gasteiger partial charge is 0.301 e. The van der Waals surface area contributed by atoms with Gasteiger partial charge in [0.25, 0.3) is 0 Å². The van der Waals surface area contributed by atoms with Crippen LogP contribution in [-0.2, 0) is 0 Å². The summed E-state index contributed by atoms with van der Waals surface area (Å²) in [6.07, 6.45) is 2.53. The van der Waals surface area contributed by atoms with E-state index in [1.165, 1.54) is 25.9 Å². The molecule has 1 nitrogen and oxygen atoms in total. The molecule has 0 radical (unpaired) electrons. The summed E-state index contributed by atoms with van der Waals surface area (Å²) in [5.74, 6) is 6.95. The molecule has 1 heterocycles. The zero-order chi connectivity index (χ0) is 11.0. The van der Waals surface area contributed by atoms with Gasteiger partial charge in [-0.3, -0.25) is 0 Å². The molecule has 1 rings (SSSR count). The van der Waals surface area contributed by atoms with Gasteiger partial charge in [0.1, 0.15) is 0 Å². The summed E-state index contributed by atoms with van der Waals surface area (Å²) < 4.78 is 0. The molecule has 1 saturated heterocycles. The number of likely N-dealkylation sites (tertiary alicyclic amines) is 1. The van der Waals surface area contributed by atoms with Gasteiger partial charge in [-0.05, 0) is 46.7 Å². The predicted octanol–water partition coefficient (Wildman–Crippen LogP) is 3.16. The second-order valence-electron chi connectivity index (χ2n) is 3.80. The fraction of sp³-hybridized carbons (Fsp3) is 0.846. The van der Waals surface area contributed by atoms with Crippen LogP contribution in [0.15, 0.2) is 0 Å². The zero-order valence-corrected chi connectivity index (χ0v) is 10.4. The predicted molar refractivity (Wildman–Crippen MR) is 64.2 cm³/mol. The Morgan fingerprint density at radius 2 is 1.64 bits per heavy atom. The lowest BCUT2D eigenvalue weighted by Gasteiger charge is -2.32. The van der Waals surface area contributed by atoms with E-state index < -0.39 is 0 Å². The van der Waals surface area contributed by atoms with Crippen LogP contribution in [0.3, 0.4) is 0 Å². The molecular formula is C13H25N. The van der Waals surface area contributed by atoms with Crippen LogP contribution in [0.5, 0.6) is 0 Å². The first kappa shape index (κ1) is 13.5. The summed E-state index contributed by atoms with van der Waals surface area (Å²) in [5, 5.41) is 0. The number of hydrogen-bond acceptors (Lipinski definition) is 1. The maximum absolute atomic E-state index is 3.27. The van der Waals surface area contributed by atoms with Crippen molar-refractivity contribution >= 4 is 0 Å². The molecule has 1 aliphatic rings. The summed E-state index contributed by atoms with van der Waals surface area (Å²) in [6, 6.07) is 0.709. The summed E-state index contributed by atoms with van der Waals surface area (Å²) in [7, 11) is 0. The summed E-state index contributed by atoms with van der Waals surface area (Å²) >= 11 is 0. The molecule has 1 aliphatic heterocycles. The molecule has 0 atom stereocenters. The third-order valence-electron chi connectivity index (χ3n) is 2.61. The van der Waals surface area contributed by atoms with Gasteiger partial charge in [-0.15, -0.1) is 11.8 Å². The van der Waals surface area contributed by atoms with E-state index in [9.17, 15) is 0 Å². The summed E-state index contributed by atoms with van der Waals surface area (Å²) in [6.45, 7) is 12.9. The third-order valence-corrected chi connectivity index (χ3v) is 2.61. The van der Waals surface area contributed by atoms with E-state index in [0.29, 0.717) is 12.0 Å². The van der Waals surface area contributed by atoms with Crippen LogP contribution in [-0.4, -0.2) is 24.0 Å². The lowest BCUT2D eigenvalue weighted by molar-refractivity contribution is 0.167. The quantitative estimate of drug-likeness (QED) is 0.581. The Morgan fingerprint density at radius 1 is 1.14 bits per heavy atom. The lowest BCUT2D eigenvalue weighted by Crippen LogP contribution is -2.38. The first-order chi connectivity index (χ1) is 6.74. The SMILES string of the molecule is CC.CC#CC1CCN(C(C)C)CC1. The zero-order valence-electron chi connectivity index (χ0n) is 10.4. The van der Waals surface area contributed by atoms with Crippen LogP contribution in [0.1, 0.15) is 47.5 Å². The first-order valence-corrected chi connectivity index (χ1v) is 5.90. The van der Waals surface area contributed by atoms with Crippen molar-refractivity contribution in [2.24, 2.45) is 5.92 Å². The second kappa shape index (κ2) is 7.88.